The van der Waals surface area contributed by atoms with E-state index in [4.69, 9.17) is 17.3 Å². The predicted octanol–water partition coefficient (Wildman–Crippen LogP) is 3.34. The molecular weight excluding hydrogens is 296 g/mol. The van der Waals surface area contributed by atoms with E-state index in [1.807, 2.05) is 19.1 Å². The molecule has 0 aromatic heterocycles. The Morgan fingerprint density at radius 2 is 1.82 bits per heavy atom. The number of aliphatic hydroxyl groups is 1. The van der Waals surface area contributed by atoms with Crippen molar-refractivity contribution in [1.29, 1.82) is 0 Å². The van der Waals surface area contributed by atoms with Crippen LogP contribution >= 0.6 is 11.6 Å². The molecule has 124 valence electrons. The maximum Gasteiger partial charge on any atom is 0.0917 e. The average Bonchev–Trinajstić information content (AvgIpc) is 2.49. The summed E-state index contributed by atoms with van der Waals surface area (Å²) in [4.78, 5) is 2.54. The van der Waals surface area contributed by atoms with E-state index in [1.165, 1.54) is 12.8 Å². The van der Waals surface area contributed by atoms with Gasteiger partial charge in [-0.05, 0) is 57.1 Å². The van der Waals surface area contributed by atoms with Gasteiger partial charge in [-0.3, -0.25) is 0 Å². The molecule has 2 aliphatic rings. The van der Waals surface area contributed by atoms with Gasteiger partial charge in [-0.2, -0.15) is 0 Å². The molecule has 0 aromatic carbocycles. The molecule has 1 heterocycles. The highest BCUT2D eigenvalue weighted by Gasteiger charge is 2.36. The molecule has 1 aliphatic carbocycles. The van der Waals surface area contributed by atoms with E-state index in [1.54, 1.807) is 6.08 Å². The second-order valence-electron chi connectivity index (χ2n) is 6.66. The fourth-order valence-electron chi connectivity index (χ4n) is 3.71. The van der Waals surface area contributed by atoms with Gasteiger partial charge >= 0.3 is 0 Å². The van der Waals surface area contributed by atoms with Crippen LogP contribution in [-0.2, 0) is 0 Å². The molecule has 4 heteroatoms. The van der Waals surface area contributed by atoms with Gasteiger partial charge in [-0.25, -0.2) is 0 Å². The van der Waals surface area contributed by atoms with Crippen molar-refractivity contribution in [2.75, 3.05) is 13.1 Å². The van der Waals surface area contributed by atoms with Gasteiger partial charge in [-0.1, -0.05) is 30.3 Å². The van der Waals surface area contributed by atoms with Gasteiger partial charge in [0.2, 0.25) is 0 Å². The zero-order valence-electron chi connectivity index (χ0n) is 13.6. The summed E-state index contributed by atoms with van der Waals surface area (Å²) in [7, 11) is 0. The lowest BCUT2D eigenvalue weighted by Crippen LogP contribution is -2.50. The van der Waals surface area contributed by atoms with E-state index in [9.17, 15) is 5.11 Å². The van der Waals surface area contributed by atoms with E-state index in [0.29, 0.717) is 17.1 Å². The van der Waals surface area contributed by atoms with Gasteiger partial charge in [0, 0.05) is 30.2 Å². The van der Waals surface area contributed by atoms with Crippen molar-refractivity contribution in [1.82, 2.24) is 4.90 Å². The molecule has 0 amide bonds. The van der Waals surface area contributed by atoms with Crippen LogP contribution in [0, 0.1) is 0 Å². The van der Waals surface area contributed by atoms with Crippen LogP contribution in [-0.4, -0.2) is 40.8 Å². The molecule has 3 nitrogen and oxygen atoms in total. The average molecular weight is 325 g/mol. The van der Waals surface area contributed by atoms with Crippen LogP contribution in [0.4, 0.5) is 0 Å². The normalized spacial score (nSPS) is 30.6. The number of allylic oxidation sites excluding steroid dienone is 3. The highest BCUT2D eigenvalue weighted by atomic mass is 35.5. The first-order valence-electron chi connectivity index (χ1n) is 8.36. The lowest BCUT2D eigenvalue weighted by molar-refractivity contribution is -0.00647. The highest BCUT2D eigenvalue weighted by Crippen LogP contribution is 2.33. The smallest absolute Gasteiger partial charge is 0.0917 e. The first kappa shape index (κ1) is 17.7. The third kappa shape index (κ3) is 4.45. The van der Waals surface area contributed by atoms with Crippen LogP contribution in [0.3, 0.4) is 0 Å². The van der Waals surface area contributed by atoms with Crippen LogP contribution in [0.5, 0.6) is 0 Å². The summed E-state index contributed by atoms with van der Waals surface area (Å²) in [6.07, 6.45) is 11.8. The van der Waals surface area contributed by atoms with Gasteiger partial charge in [0.15, 0.2) is 0 Å². The maximum absolute atomic E-state index is 11.0. The lowest BCUT2D eigenvalue weighted by atomic mass is 9.81. The number of halogens is 1. The monoisotopic (exact) mass is 324 g/mol. The first-order chi connectivity index (χ1) is 10.4. The number of likely N-dealkylation sites (tertiary alicyclic amines) is 1. The molecule has 2 rings (SSSR count). The standard InChI is InChI=1S/C18H29ClN2O/c1-3-15(5-4-14(2)19)18(22)10-12-21(13-11-18)17-8-6-16(20)7-9-17/h3-5,16-17,22H,2,6-13,20H2,1H3/b5-4-,15-3+. The Balaban J connectivity index is 1.93. The summed E-state index contributed by atoms with van der Waals surface area (Å²) in [5.41, 5.74) is 6.20. The third-order valence-electron chi connectivity index (χ3n) is 5.18. The summed E-state index contributed by atoms with van der Waals surface area (Å²) in [6, 6.07) is 1.04. The van der Waals surface area contributed by atoms with E-state index < -0.39 is 5.60 Å². The molecule has 1 aliphatic heterocycles. The number of nitrogens with two attached hydrogens (primary N) is 1. The van der Waals surface area contributed by atoms with Crippen LogP contribution in [0.15, 0.2) is 35.4 Å². The van der Waals surface area contributed by atoms with Gasteiger partial charge < -0.3 is 15.7 Å². The van der Waals surface area contributed by atoms with Gasteiger partial charge in [0.1, 0.15) is 0 Å². The Labute approximate surface area is 139 Å². The predicted molar refractivity (Wildman–Crippen MR) is 93.9 cm³/mol. The van der Waals surface area contributed by atoms with Crippen molar-refractivity contribution in [3.05, 3.63) is 35.4 Å². The highest BCUT2D eigenvalue weighted by molar-refractivity contribution is 6.30. The van der Waals surface area contributed by atoms with Crippen molar-refractivity contribution < 1.29 is 5.11 Å². The quantitative estimate of drug-likeness (QED) is 0.780. The van der Waals surface area contributed by atoms with E-state index in [2.05, 4.69) is 11.5 Å². The van der Waals surface area contributed by atoms with Crippen LogP contribution in [0.2, 0.25) is 0 Å². The number of hydrogen-bond donors (Lipinski definition) is 2. The van der Waals surface area contributed by atoms with Crippen LogP contribution in [0.25, 0.3) is 0 Å². The number of piperidine rings is 1. The fourth-order valence-corrected chi connectivity index (χ4v) is 3.78. The molecule has 0 bridgehead atoms. The lowest BCUT2D eigenvalue weighted by Gasteiger charge is -2.44. The summed E-state index contributed by atoms with van der Waals surface area (Å²) in [6.45, 7) is 7.52. The number of nitrogens with zero attached hydrogens (tertiary/aromatic N) is 1. The van der Waals surface area contributed by atoms with E-state index in [-0.39, 0.29) is 0 Å². The van der Waals surface area contributed by atoms with Crippen molar-refractivity contribution in [2.24, 2.45) is 5.73 Å². The molecule has 0 spiro atoms. The SMILES string of the molecule is C=C(Cl)/C=C\C(=C/C)C1(O)CCN(C2CCC(N)CC2)CC1. The molecule has 2 fully saturated rings. The van der Waals surface area contributed by atoms with Crippen molar-refractivity contribution >= 4 is 11.6 Å². The Hall–Kier alpha value is -0.610. The van der Waals surface area contributed by atoms with Gasteiger partial charge in [-0.15, -0.1) is 0 Å². The summed E-state index contributed by atoms with van der Waals surface area (Å²) >= 11 is 5.79. The van der Waals surface area contributed by atoms with E-state index in [0.717, 1.165) is 44.3 Å². The topological polar surface area (TPSA) is 49.5 Å². The zero-order valence-corrected chi connectivity index (χ0v) is 14.4. The van der Waals surface area contributed by atoms with Crippen LogP contribution < -0.4 is 5.73 Å². The van der Waals surface area contributed by atoms with Gasteiger partial charge in [0.25, 0.3) is 0 Å². The summed E-state index contributed by atoms with van der Waals surface area (Å²) in [5, 5.41) is 11.4. The maximum atomic E-state index is 11.0. The number of hydrogen-bond acceptors (Lipinski definition) is 3. The Bertz CT molecular complexity index is 442. The minimum absolute atomic E-state index is 0.390. The van der Waals surface area contributed by atoms with Crippen molar-refractivity contribution in [3.63, 3.8) is 0 Å². The van der Waals surface area contributed by atoms with E-state index >= 15 is 0 Å². The zero-order chi connectivity index (χ0) is 16.2. The molecule has 0 radical (unpaired) electrons. The Morgan fingerprint density at radius 1 is 1.23 bits per heavy atom. The molecule has 3 N–H and O–H groups in total. The molecular formula is C18H29ClN2O. The minimum atomic E-state index is -0.737. The Morgan fingerprint density at radius 3 is 2.32 bits per heavy atom. The first-order valence-corrected chi connectivity index (χ1v) is 8.73. The molecule has 0 aromatic rings. The minimum Gasteiger partial charge on any atom is -0.385 e. The van der Waals surface area contributed by atoms with Crippen LogP contribution in [0.1, 0.15) is 45.4 Å². The molecule has 22 heavy (non-hydrogen) atoms. The van der Waals surface area contributed by atoms with Crippen molar-refractivity contribution in [3.8, 4) is 0 Å². The summed E-state index contributed by atoms with van der Waals surface area (Å²) < 4.78 is 0. The molecule has 1 saturated carbocycles. The second kappa shape index (κ2) is 7.78. The molecule has 0 unspecified atom stereocenters. The second-order valence-corrected chi connectivity index (χ2v) is 7.15. The van der Waals surface area contributed by atoms with Gasteiger partial charge in [0.05, 0.1) is 5.60 Å². The number of rotatable bonds is 4. The largest absolute Gasteiger partial charge is 0.385 e. The third-order valence-corrected chi connectivity index (χ3v) is 5.30. The Kier molecular flexibility index (Phi) is 6.27. The fraction of sp³-hybridized carbons (Fsp3) is 0.667. The van der Waals surface area contributed by atoms with Crippen molar-refractivity contribution in [2.45, 2.75) is 63.1 Å². The molecule has 0 atom stereocenters. The summed E-state index contributed by atoms with van der Waals surface area (Å²) in [5.74, 6) is 0. The molecule has 1 saturated heterocycles.